The Morgan fingerprint density at radius 1 is 1.00 bits per heavy atom. The molecule has 1 aliphatic heterocycles. The fourth-order valence-electron chi connectivity index (χ4n) is 1.68. The first-order valence-corrected chi connectivity index (χ1v) is 6.82. The number of unbranched alkanes of at least 4 members (excludes halogenated alkanes) is 2. The maximum Gasteiger partial charge on any atom is 0.0110 e. The highest BCUT2D eigenvalue weighted by atomic mass is 127. The molecule has 1 aliphatic rings. The summed E-state index contributed by atoms with van der Waals surface area (Å²) in [5.41, 5.74) is 0. The van der Waals surface area contributed by atoms with Gasteiger partial charge in [0.05, 0.1) is 0 Å². The van der Waals surface area contributed by atoms with Crippen molar-refractivity contribution in [2.75, 3.05) is 44.2 Å². The number of likely N-dealkylation sites (N-methyl/N-ethyl adjacent to an activating group) is 1. The number of rotatable bonds is 5. The zero-order chi connectivity index (χ0) is 9.52. The zero-order valence-electron chi connectivity index (χ0n) is 8.64. The standard InChI is InChI=1S/C10H21IN2/c1-12-7-9-13(10-8-12)6-4-2-3-5-11/h2-10H2,1H3. The Labute approximate surface area is 95.8 Å². The van der Waals surface area contributed by atoms with Crippen molar-refractivity contribution in [1.82, 2.24) is 9.80 Å². The Balaban J connectivity index is 1.96. The Morgan fingerprint density at radius 2 is 1.69 bits per heavy atom. The summed E-state index contributed by atoms with van der Waals surface area (Å²) in [6.45, 7) is 6.39. The van der Waals surface area contributed by atoms with E-state index in [9.17, 15) is 0 Å². The molecule has 2 nitrogen and oxygen atoms in total. The molecule has 0 aromatic rings. The molecule has 1 heterocycles. The normalized spacial score (nSPS) is 20.8. The molecule has 0 saturated carbocycles. The average Bonchev–Trinajstić information content (AvgIpc) is 2.15. The molecule has 0 radical (unpaired) electrons. The third-order valence-electron chi connectivity index (χ3n) is 2.70. The Bertz CT molecular complexity index is 122. The van der Waals surface area contributed by atoms with Crippen LogP contribution in [0.4, 0.5) is 0 Å². The summed E-state index contributed by atoms with van der Waals surface area (Å²) in [4.78, 5) is 5.02. The fourth-order valence-corrected chi connectivity index (χ4v) is 2.22. The van der Waals surface area contributed by atoms with E-state index in [4.69, 9.17) is 0 Å². The van der Waals surface area contributed by atoms with Crippen LogP contribution in [0.15, 0.2) is 0 Å². The van der Waals surface area contributed by atoms with Gasteiger partial charge in [0.15, 0.2) is 0 Å². The van der Waals surface area contributed by atoms with Gasteiger partial charge in [-0.05, 0) is 30.9 Å². The third-order valence-corrected chi connectivity index (χ3v) is 3.47. The van der Waals surface area contributed by atoms with Crippen LogP contribution in [0.1, 0.15) is 19.3 Å². The molecule has 1 fully saturated rings. The molecule has 0 atom stereocenters. The van der Waals surface area contributed by atoms with Gasteiger partial charge in [0.2, 0.25) is 0 Å². The molecule has 78 valence electrons. The van der Waals surface area contributed by atoms with Crippen LogP contribution in [-0.2, 0) is 0 Å². The van der Waals surface area contributed by atoms with Crippen LogP contribution in [0.3, 0.4) is 0 Å². The molecule has 3 heteroatoms. The topological polar surface area (TPSA) is 6.48 Å². The van der Waals surface area contributed by atoms with Gasteiger partial charge in [0, 0.05) is 26.2 Å². The molecule has 0 bridgehead atoms. The highest BCUT2D eigenvalue weighted by Gasteiger charge is 2.12. The molecule has 0 aliphatic carbocycles. The molecule has 0 amide bonds. The SMILES string of the molecule is CN1CCN(CCCCCI)CC1. The second kappa shape index (κ2) is 7.01. The molecule has 13 heavy (non-hydrogen) atoms. The molecular weight excluding hydrogens is 275 g/mol. The van der Waals surface area contributed by atoms with Gasteiger partial charge in [-0.2, -0.15) is 0 Å². The van der Waals surface area contributed by atoms with E-state index in [0.717, 1.165) is 0 Å². The first-order valence-electron chi connectivity index (χ1n) is 5.30. The van der Waals surface area contributed by atoms with Crippen molar-refractivity contribution < 1.29 is 0 Å². The van der Waals surface area contributed by atoms with Gasteiger partial charge in [0.25, 0.3) is 0 Å². The van der Waals surface area contributed by atoms with E-state index in [1.165, 1.54) is 56.4 Å². The number of hydrogen-bond donors (Lipinski definition) is 0. The summed E-state index contributed by atoms with van der Waals surface area (Å²) in [5.74, 6) is 0. The van der Waals surface area contributed by atoms with E-state index in [2.05, 4.69) is 39.4 Å². The second-order valence-corrected chi connectivity index (χ2v) is 4.97. The third kappa shape index (κ3) is 5.18. The van der Waals surface area contributed by atoms with Gasteiger partial charge in [0.1, 0.15) is 0 Å². The fraction of sp³-hybridized carbons (Fsp3) is 1.00. The minimum Gasteiger partial charge on any atom is -0.304 e. The van der Waals surface area contributed by atoms with Gasteiger partial charge in [-0.3, -0.25) is 0 Å². The molecule has 0 unspecified atom stereocenters. The predicted octanol–water partition coefficient (Wildman–Crippen LogP) is 1.84. The van der Waals surface area contributed by atoms with Crippen molar-refractivity contribution in [2.45, 2.75) is 19.3 Å². The van der Waals surface area contributed by atoms with Crippen molar-refractivity contribution in [1.29, 1.82) is 0 Å². The Hall–Kier alpha value is 0.650. The van der Waals surface area contributed by atoms with Crippen molar-refractivity contribution >= 4 is 22.6 Å². The van der Waals surface area contributed by atoms with Crippen LogP contribution in [0.5, 0.6) is 0 Å². The number of piperazine rings is 1. The maximum absolute atomic E-state index is 2.60. The van der Waals surface area contributed by atoms with E-state index >= 15 is 0 Å². The zero-order valence-corrected chi connectivity index (χ0v) is 10.8. The van der Waals surface area contributed by atoms with Crippen molar-refractivity contribution in [2.24, 2.45) is 0 Å². The Kier molecular flexibility index (Phi) is 6.32. The summed E-state index contributed by atoms with van der Waals surface area (Å²) >= 11 is 2.46. The second-order valence-electron chi connectivity index (χ2n) is 3.89. The first-order chi connectivity index (χ1) is 6.33. The first kappa shape index (κ1) is 11.7. The highest BCUT2D eigenvalue weighted by molar-refractivity contribution is 14.1. The molecule has 0 aromatic heterocycles. The van der Waals surface area contributed by atoms with E-state index in [1.807, 2.05) is 0 Å². The van der Waals surface area contributed by atoms with Gasteiger partial charge >= 0.3 is 0 Å². The number of hydrogen-bond acceptors (Lipinski definition) is 2. The van der Waals surface area contributed by atoms with Crippen LogP contribution in [0.2, 0.25) is 0 Å². The number of halogens is 1. The van der Waals surface area contributed by atoms with Gasteiger partial charge in [-0.15, -0.1) is 0 Å². The minimum absolute atomic E-state index is 1.26. The van der Waals surface area contributed by atoms with Crippen molar-refractivity contribution in [3.63, 3.8) is 0 Å². The monoisotopic (exact) mass is 296 g/mol. The molecule has 1 rings (SSSR count). The van der Waals surface area contributed by atoms with Crippen LogP contribution in [-0.4, -0.2) is 54.0 Å². The lowest BCUT2D eigenvalue weighted by Gasteiger charge is -2.32. The lowest BCUT2D eigenvalue weighted by molar-refractivity contribution is 0.152. The number of alkyl halides is 1. The molecular formula is C10H21IN2. The van der Waals surface area contributed by atoms with Crippen LogP contribution in [0.25, 0.3) is 0 Å². The predicted molar refractivity (Wildman–Crippen MR) is 66.7 cm³/mol. The summed E-state index contributed by atoms with van der Waals surface area (Å²) in [7, 11) is 2.22. The van der Waals surface area contributed by atoms with Gasteiger partial charge < -0.3 is 9.80 Å². The summed E-state index contributed by atoms with van der Waals surface area (Å²) in [5, 5.41) is 0. The maximum atomic E-state index is 2.60. The van der Waals surface area contributed by atoms with E-state index in [1.54, 1.807) is 0 Å². The summed E-state index contributed by atoms with van der Waals surface area (Å²) in [6, 6.07) is 0. The van der Waals surface area contributed by atoms with E-state index in [0.29, 0.717) is 0 Å². The average molecular weight is 296 g/mol. The van der Waals surface area contributed by atoms with Crippen LogP contribution in [0, 0.1) is 0 Å². The van der Waals surface area contributed by atoms with Gasteiger partial charge in [-0.1, -0.05) is 29.0 Å². The van der Waals surface area contributed by atoms with Crippen molar-refractivity contribution in [3.8, 4) is 0 Å². The summed E-state index contributed by atoms with van der Waals surface area (Å²) < 4.78 is 1.32. The Morgan fingerprint density at radius 3 is 2.31 bits per heavy atom. The molecule has 0 aromatic carbocycles. The van der Waals surface area contributed by atoms with E-state index < -0.39 is 0 Å². The quantitative estimate of drug-likeness (QED) is 0.434. The lowest BCUT2D eigenvalue weighted by atomic mass is 10.2. The van der Waals surface area contributed by atoms with Crippen LogP contribution >= 0.6 is 22.6 Å². The minimum atomic E-state index is 1.26. The lowest BCUT2D eigenvalue weighted by Crippen LogP contribution is -2.44. The largest absolute Gasteiger partial charge is 0.304 e. The summed E-state index contributed by atoms with van der Waals surface area (Å²) in [6.07, 6.45) is 4.20. The molecule has 0 spiro atoms. The van der Waals surface area contributed by atoms with E-state index in [-0.39, 0.29) is 0 Å². The smallest absolute Gasteiger partial charge is 0.0110 e. The van der Waals surface area contributed by atoms with Crippen LogP contribution < -0.4 is 0 Å². The van der Waals surface area contributed by atoms with Gasteiger partial charge in [-0.25, -0.2) is 0 Å². The highest BCUT2D eigenvalue weighted by Crippen LogP contribution is 2.04. The van der Waals surface area contributed by atoms with Crippen molar-refractivity contribution in [3.05, 3.63) is 0 Å². The molecule has 1 saturated heterocycles. The number of nitrogens with zero attached hydrogens (tertiary/aromatic N) is 2. The molecule has 0 N–H and O–H groups in total.